The van der Waals surface area contributed by atoms with E-state index in [9.17, 15) is 4.79 Å². The van der Waals surface area contributed by atoms with Gasteiger partial charge in [0.2, 0.25) is 11.8 Å². The van der Waals surface area contributed by atoms with E-state index in [-0.39, 0.29) is 17.9 Å². The summed E-state index contributed by atoms with van der Waals surface area (Å²) in [6.45, 7) is 2.58. The summed E-state index contributed by atoms with van der Waals surface area (Å²) in [5, 5.41) is 7.18. The van der Waals surface area contributed by atoms with Gasteiger partial charge < -0.3 is 19.5 Å². The van der Waals surface area contributed by atoms with Crippen LogP contribution in [-0.4, -0.2) is 47.4 Å². The van der Waals surface area contributed by atoms with Crippen molar-refractivity contribution in [3.8, 4) is 28.6 Å². The Kier molecular flexibility index (Phi) is 4.77. The van der Waals surface area contributed by atoms with Crippen LogP contribution in [0, 0.1) is 5.92 Å². The van der Waals surface area contributed by atoms with E-state index in [0.717, 1.165) is 11.1 Å². The maximum Gasteiger partial charge on any atom is 0.240 e. The molecule has 1 aliphatic rings. The first-order valence-corrected chi connectivity index (χ1v) is 9.09. The Balaban J connectivity index is 1.70. The summed E-state index contributed by atoms with van der Waals surface area (Å²) in [6.07, 6.45) is 3.85. The van der Waals surface area contributed by atoms with Gasteiger partial charge in [0.05, 0.1) is 32.3 Å². The molecule has 1 aliphatic heterocycles. The number of benzene rings is 1. The van der Waals surface area contributed by atoms with Crippen LogP contribution in [0.4, 0.5) is 0 Å². The van der Waals surface area contributed by atoms with E-state index in [1.807, 2.05) is 37.4 Å². The second-order valence-electron chi connectivity index (χ2n) is 6.75. The average Bonchev–Trinajstić information content (AvgIpc) is 3.36. The van der Waals surface area contributed by atoms with Crippen molar-refractivity contribution in [2.45, 2.75) is 19.4 Å². The molecular formula is C20H22N4O4. The highest BCUT2D eigenvalue weighted by Gasteiger charge is 2.28. The van der Waals surface area contributed by atoms with Crippen LogP contribution in [-0.2, 0) is 4.79 Å². The zero-order chi connectivity index (χ0) is 19.7. The van der Waals surface area contributed by atoms with Crippen molar-refractivity contribution in [2.75, 3.05) is 20.8 Å². The van der Waals surface area contributed by atoms with Crippen LogP contribution < -0.4 is 19.5 Å². The highest BCUT2D eigenvalue weighted by atomic mass is 16.5. The summed E-state index contributed by atoms with van der Waals surface area (Å²) < 4.78 is 18.6. The number of nitrogens with zero attached hydrogens (tertiary/aromatic N) is 3. The Labute approximate surface area is 162 Å². The lowest BCUT2D eigenvalue weighted by Gasteiger charge is -2.20. The van der Waals surface area contributed by atoms with Gasteiger partial charge in [-0.3, -0.25) is 4.79 Å². The number of methoxy groups -OCH3 is 2. The van der Waals surface area contributed by atoms with Crippen LogP contribution in [0.2, 0.25) is 0 Å². The molecule has 1 saturated heterocycles. The van der Waals surface area contributed by atoms with Crippen molar-refractivity contribution in [3.05, 3.63) is 36.7 Å². The smallest absolute Gasteiger partial charge is 0.240 e. The van der Waals surface area contributed by atoms with Crippen molar-refractivity contribution in [2.24, 2.45) is 5.92 Å². The van der Waals surface area contributed by atoms with E-state index < -0.39 is 0 Å². The van der Waals surface area contributed by atoms with E-state index in [1.165, 1.54) is 0 Å². The van der Waals surface area contributed by atoms with E-state index in [2.05, 4.69) is 10.4 Å². The van der Waals surface area contributed by atoms with Crippen molar-refractivity contribution in [3.63, 3.8) is 0 Å². The van der Waals surface area contributed by atoms with Crippen molar-refractivity contribution < 1.29 is 19.0 Å². The summed E-state index contributed by atoms with van der Waals surface area (Å²) >= 11 is 0. The van der Waals surface area contributed by atoms with Gasteiger partial charge in [-0.25, -0.2) is 9.50 Å². The minimum absolute atomic E-state index is 0.0574. The second-order valence-corrected chi connectivity index (χ2v) is 6.75. The molecule has 0 aliphatic carbocycles. The number of ether oxygens (including phenoxy) is 3. The topological polar surface area (TPSA) is 87.0 Å². The molecule has 0 spiro atoms. The minimum Gasteiger partial charge on any atom is -0.493 e. The fraction of sp³-hybridized carbons (Fsp3) is 0.350. The Bertz CT molecular complexity index is 1020. The van der Waals surface area contributed by atoms with Crippen LogP contribution in [0.5, 0.6) is 17.4 Å². The summed E-state index contributed by atoms with van der Waals surface area (Å²) in [5.41, 5.74) is 2.32. The first-order chi connectivity index (χ1) is 13.6. The van der Waals surface area contributed by atoms with Crippen molar-refractivity contribution >= 4 is 11.4 Å². The number of amides is 1. The second kappa shape index (κ2) is 7.38. The lowest BCUT2D eigenvalue weighted by Crippen LogP contribution is -2.26. The number of carbonyl (C=O) groups excluding carboxylic acids is 1. The third-order valence-corrected chi connectivity index (χ3v) is 5.01. The lowest BCUT2D eigenvalue weighted by molar-refractivity contribution is -0.119. The normalized spacial score (nSPS) is 17.4. The summed E-state index contributed by atoms with van der Waals surface area (Å²) in [4.78, 5) is 16.2. The fourth-order valence-electron chi connectivity index (χ4n) is 3.35. The van der Waals surface area contributed by atoms with E-state index >= 15 is 0 Å². The Morgan fingerprint density at radius 1 is 1.21 bits per heavy atom. The quantitative estimate of drug-likeness (QED) is 0.704. The molecule has 3 aromatic rings. The molecule has 4 rings (SSSR count). The predicted octanol–water partition coefficient (Wildman–Crippen LogP) is 2.32. The number of rotatable bonds is 6. The molecule has 1 N–H and O–H groups in total. The van der Waals surface area contributed by atoms with Gasteiger partial charge in [0.1, 0.15) is 11.6 Å². The zero-order valence-electron chi connectivity index (χ0n) is 16.0. The van der Waals surface area contributed by atoms with Gasteiger partial charge >= 0.3 is 0 Å². The van der Waals surface area contributed by atoms with Gasteiger partial charge in [0.15, 0.2) is 11.5 Å². The number of hydrogen-bond acceptors (Lipinski definition) is 6. The monoisotopic (exact) mass is 382 g/mol. The molecule has 3 heterocycles. The van der Waals surface area contributed by atoms with Gasteiger partial charge in [0, 0.05) is 24.4 Å². The van der Waals surface area contributed by atoms with Gasteiger partial charge in [-0.15, -0.1) is 0 Å². The molecule has 0 radical (unpaired) electrons. The SMILES string of the molecule is COc1ccc(-c2cn3nccc3c(OC(C)[C@H]3CNC(=O)C3)n2)cc1OC. The van der Waals surface area contributed by atoms with Crippen LogP contribution in [0.15, 0.2) is 36.7 Å². The third-order valence-electron chi connectivity index (χ3n) is 5.01. The van der Waals surface area contributed by atoms with Crippen molar-refractivity contribution in [1.82, 2.24) is 19.9 Å². The molecular weight excluding hydrogens is 360 g/mol. The van der Waals surface area contributed by atoms with E-state index in [4.69, 9.17) is 19.2 Å². The Morgan fingerprint density at radius 2 is 2.04 bits per heavy atom. The average molecular weight is 382 g/mol. The lowest BCUT2D eigenvalue weighted by atomic mass is 10.0. The summed E-state index contributed by atoms with van der Waals surface area (Å²) in [6, 6.07) is 7.46. The number of fused-ring (bicyclic) bond motifs is 1. The first-order valence-electron chi connectivity index (χ1n) is 9.09. The van der Waals surface area contributed by atoms with Crippen LogP contribution in [0.3, 0.4) is 0 Å². The number of nitrogens with one attached hydrogen (secondary N) is 1. The molecule has 1 unspecified atom stereocenters. The highest BCUT2D eigenvalue weighted by molar-refractivity contribution is 5.78. The largest absolute Gasteiger partial charge is 0.493 e. The molecule has 8 heteroatoms. The van der Waals surface area contributed by atoms with Gasteiger partial charge in [-0.1, -0.05) is 0 Å². The maximum atomic E-state index is 11.5. The van der Waals surface area contributed by atoms with E-state index in [0.29, 0.717) is 36.0 Å². The maximum absolute atomic E-state index is 11.5. The number of hydrogen-bond donors (Lipinski definition) is 1. The molecule has 1 fully saturated rings. The molecule has 0 bridgehead atoms. The molecule has 1 aromatic carbocycles. The van der Waals surface area contributed by atoms with Gasteiger partial charge in [-0.05, 0) is 31.2 Å². The molecule has 28 heavy (non-hydrogen) atoms. The number of aromatic nitrogens is 3. The third kappa shape index (κ3) is 3.33. The molecule has 146 valence electrons. The Morgan fingerprint density at radius 3 is 2.75 bits per heavy atom. The fourth-order valence-corrected chi connectivity index (χ4v) is 3.35. The molecule has 0 saturated carbocycles. The molecule has 2 atom stereocenters. The standard InChI is InChI=1S/C20H22N4O4/c1-12(14-9-19(25)21-10-14)28-20-16-6-7-22-24(16)11-15(23-20)13-4-5-17(26-2)18(8-13)27-3/h4-8,11-12,14H,9-10H2,1-3H3,(H,21,25)/t12?,14-/m1/s1. The molecule has 8 nitrogen and oxygen atoms in total. The van der Waals surface area contributed by atoms with Crippen LogP contribution in [0.1, 0.15) is 13.3 Å². The Hall–Kier alpha value is -3.29. The van der Waals surface area contributed by atoms with Crippen LogP contribution >= 0.6 is 0 Å². The predicted molar refractivity (Wildman–Crippen MR) is 103 cm³/mol. The van der Waals surface area contributed by atoms with Crippen LogP contribution in [0.25, 0.3) is 16.8 Å². The summed E-state index contributed by atoms with van der Waals surface area (Å²) in [5.74, 6) is 1.92. The zero-order valence-corrected chi connectivity index (χ0v) is 16.0. The molecule has 1 amide bonds. The number of carbonyl (C=O) groups is 1. The first kappa shape index (κ1) is 18.1. The van der Waals surface area contributed by atoms with Gasteiger partial charge in [-0.2, -0.15) is 5.10 Å². The summed E-state index contributed by atoms with van der Waals surface area (Å²) in [7, 11) is 3.19. The van der Waals surface area contributed by atoms with Crippen molar-refractivity contribution in [1.29, 1.82) is 0 Å². The van der Waals surface area contributed by atoms with E-state index in [1.54, 1.807) is 24.9 Å². The minimum atomic E-state index is -0.161. The molecule has 2 aromatic heterocycles. The van der Waals surface area contributed by atoms with Gasteiger partial charge in [0.25, 0.3) is 0 Å². The highest BCUT2D eigenvalue weighted by Crippen LogP contribution is 2.33.